The molecule has 3 aromatic heterocycles. The second-order valence-corrected chi connectivity index (χ2v) is 8.67. The van der Waals surface area contributed by atoms with E-state index in [0.717, 1.165) is 0 Å². The van der Waals surface area contributed by atoms with Crippen molar-refractivity contribution in [3.63, 3.8) is 0 Å². The van der Waals surface area contributed by atoms with Gasteiger partial charge in [0.15, 0.2) is 0 Å². The molecule has 0 saturated heterocycles. The average molecular weight is 512 g/mol. The lowest BCUT2D eigenvalue weighted by Gasteiger charge is -2.19. The van der Waals surface area contributed by atoms with Crippen LogP contribution < -0.4 is 5.32 Å². The number of aromatic nitrogens is 4. The molecule has 1 N–H and O–H groups in total. The summed E-state index contributed by atoms with van der Waals surface area (Å²) in [5.41, 5.74) is 1.96. The number of hydrogen-bond acceptors (Lipinski definition) is 7. The van der Waals surface area contributed by atoms with E-state index in [1.165, 1.54) is 44.1 Å². The first-order chi connectivity index (χ1) is 17.4. The lowest BCUT2D eigenvalue weighted by molar-refractivity contribution is -0.141. The van der Waals surface area contributed by atoms with E-state index >= 15 is 0 Å². The lowest BCUT2D eigenvalue weighted by Crippen LogP contribution is -2.31. The molecule has 0 spiro atoms. The van der Waals surface area contributed by atoms with Crippen molar-refractivity contribution in [1.29, 1.82) is 0 Å². The third kappa shape index (κ3) is 5.98. The molecule has 4 rings (SSSR count). The highest BCUT2D eigenvalue weighted by molar-refractivity contribution is 7.84. The fourth-order valence-corrected chi connectivity index (χ4v) is 3.96. The zero-order valence-corrected chi connectivity index (χ0v) is 21.1. The Balaban J connectivity index is 0.00000176. The summed E-state index contributed by atoms with van der Waals surface area (Å²) in [5, 5.41) is 8.01. The van der Waals surface area contributed by atoms with E-state index < -0.39 is 28.7 Å². The van der Waals surface area contributed by atoms with Crippen LogP contribution in [0.2, 0.25) is 0 Å². The highest BCUT2D eigenvalue weighted by atomic mass is 32.2. The first kappa shape index (κ1) is 26.6. The van der Waals surface area contributed by atoms with Gasteiger partial charge in [0.25, 0.3) is 5.91 Å². The van der Waals surface area contributed by atoms with E-state index in [0.29, 0.717) is 27.2 Å². The predicted molar refractivity (Wildman–Crippen MR) is 134 cm³/mol. The van der Waals surface area contributed by atoms with Crippen molar-refractivity contribution < 1.29 is 22.9 Å². The number of ether oxygens (including phenoxy) is 1. The molecule has 0 aliphatic heterocycles. The van der Waals surface area contributed by atoms with Gasteiger partial charge in [0, 0.05) is 24.0 Å². The van der Waals surface area contributed by atoms with Crippen LogP contribution in [0.15, 0.2) is 66.2 Å². The first-order valence-corrected chi connectivity index (χ1v) is 12.7. The van der Waals surface area contributed by atoms with Gasteiger partial charge in [-0.2, -0.15) is 5.10 Å². The average Bonchev–Trinajstić information content (AvgIpc) is 3.34. The second kappa shape index (κ2) is 12.1. The van der Waals surface area contributed by atoms with Gasteiger partial charge >= 0.3 is 5.97 Å². The summed E-state index contributed by atoms with van der Waals surface area (Å²) in [5.74, 6) is -1.38. The predicted octanol–water partition coefficient (Wildman–Crippen LogP) is 3.75. The smallest absolute Gasteiger partial charge is 0.307 e. The quantitative estimate of drug-likeness (QED) is 0.376. The molecular weight excluding hydrogens is 485 g/mol. The Morgan fingerprint density at radius 2 is 1.86 bits per heavy atom. The number of halogens is 1. The number of fused-ring (bicyclic) bond motifs is 1. The minimum Gasteiger partial charge on any atom is -0.469 e. The van der Waals surface area contributed by atoms with Crippen LogP contribution in [0, 0.1) is 5.82 Å². The zero-order chi connectivity index (χ0) is 26.2. The maximum Gasteiger partial charge on any atom is 0.307 e. The zero-order valence-electron chi connectivity index (χ0n) is 20.3. The van der Waals surface area contributed by atoms with Crippen molar-refractivity contribution in [3.05, 3.63) is 78.1 Å². The van der Waals surface area contributed by atoms with E-state index in [2.05, 4.69) is 20.4 Å². The first-order valence-electron chi connectivity index (χ1n) is 11.1. The minimum absolute atomic E-state index is 0.139. The Bertz CT molecular complexity index is 1390. The SMILES string of the molecule is CC.COC(=O)C[C@H](NC(=O)c1cncc2c1cnn2-c1ccc(F)cc1)c1ccnc(S(C)=O)c1. The van der Waals surface area contributed by atoms with E-state index in [1.807, 2.05) is 13.8 Å². The molecule has 188 valence electrons. The van der Waals surface area contributed by atoms with Gasteiger partial charge in [-0.1, -0.05) is 13.8 Å². The summed E-state index contributed by atoms with van der Waals surface area (Å²) in [6.45, 7) is 4.00. The molecule has 0 bridgehead atoms. The number of hydrogen-bond donors (Lipinski definition) is 1. The highest BCUT2D eigenvalue weighted by Gasteiger charge is 2.23. The molecule has 1 unspecified atom stereocenters. The summed E-state index contributed by atoms with van der Waals surface area (Å²) in [6, 6.07) is 8.23. The number of carbonyl (C=O) groups excluding carboxylic acids is 2. The topological polar surface area (TPSA) is 116 Å². The Morgan fingerprint density at radius 1 is 1.14 bits per heavy atom. The Hall–Kier alpha value is -3.99. The molecule has 36 heavy (non-hydrogen) atoms. The van der Waals surface area contributed by atoms with Crippen LogP contribution in [-0.2, 0) is 20.3 Å². The van der Waals surface area contributed by atoms with Gasteiger partial charge in [0.2, 0.25) is 0 Å². The monoisotopic (exact) mass is 511 g/mol. The molecule has 11 heteroatoms. The van der Waals surface area contributed by atoms with Crippen molar-refractivity contribution in [2.45, 2.75) is 31.3 Å². The molecule has 0 aliphatic rings. The summed E-state index contributed by atoms with van der Waals surface area (Å²) in [4.78, 5) is 33.5. The number of benzene rings is 1. The number of esters is 1. The molecule has 2 atom stereocenters. The van der Waals surface area contributed by atoms with Gasteiger partial charge in [0.05, 0.1) is 59.5 Å². The molecular formula is C25H26FN5O4S. The van der Waals surface area contributed by atoms with Gasteiger partial charge in [0.1, 0.15) is 10.8 Å². The summed E-state index contributed by atoms with van der Waals surface area (Å²) in [6.07, 6.45) is 7.31. The van der Waals surface area contributed by atoms with E-state index in [9.17, 15) is 18.2 Å². The van der Waals surface area contributed by atoms with E-state index in [-0.39, 0.29) is 17.8 Å². The number of amides is 1. The van der Waals surface area contributed by atoms with Crippen molar-refractivity contribution >= 4 is 33.6 Å². The van der Waals surface area contributed by atoms with Crippen molar-refractivity contribution in [3.8, 4) is 5.69 Å². The fourth-order valence-electron chi connectivity index (χ4n) is 3.45. The summed E-state index contributed by atoms with van der Waals surface area (Å²) in [7, 11) is -0.0803. The van der Waals surface area contributed by atoms with Crippen molar-refractivity contribution in [2.75, 3.05) is 13.4 Å². The summed E-state index contributed by atoms with van der Waals surface area (Å²) >= 11 is 0. The van der Waals surface area contributed by atoms with Gasteiger partial charge in [-0.15, -0.1) is 0 Å². The standard InChI is InChI=1S/C23H20FN5O4S.C2H6/c1-33-22(30)10-19(14-7-8-26-21(9-14)34(2)32)28-23(31)18-11-25-13-20-17(18)12-27-29(20)16-5-3-15(24)4-6-16;1-2/h3-9,11-13,19H,10H2,1-2H3,(H,28,31);1-2H3/t19-,34?;/m0./s1. The van der Waals surface area contributed by atoms with Gasteiger partial charge < -0.3 is 10.1 Å². The van der Waals surface area contributed by atoms with Crippen LogP contribution in [0.4, 0.5) is 4.39 Å². The third-order valence-electron chi connectivity index (χ3n) is 5.17. The molecule has 0 fully saturated rings. The van der Waals surface area contributed by atoms with Gasteiger partial charge in [-0.3, -0.25) is 18.8 Å². The molecule has 4 aromatic rings. The largest absolute Gasteiger partial charge is 0.469 e. The molecule has 0 aliphatic carbocycles. The normalized spacial score (nSPS) is 12.2. The highest BCUT2D eigenvalue weighted by Crippen LogP contribution is 2.24. The van der Waals surface area contributed by atoms with E-state index in [1.54, 1.807) is 35.1 Å². The number of carbonyl (C=O) groups is 2. The molecule has 0 saturated carbocycles. The van der Waals surface area contributed by atoms with Crippen LogP contribution in [0.5, 0.6) is 0 Å². The Labute approximate surface area is 210 Å². The number of pyridine rings is 2. The Morgan fingerprint density at radius 3 is 2.53 bits per heavy atom. The minimum atomic E-state index is -1.34. The van der Waals surface area contributed by atoms with Gasteiger partial charge in [-0.25, -0.2) is 14.1 Å². The number of nitrogens with zero attached hydrogens (tertiary/aromatic N) is 4. The van der Waals surface area contributed by atoms with Crippen molar-refractivity contribution in [2.24, 2.45) is 0 Å². The maximum atomic E-state index is 13.3. The van der Waals surface area contributed by atoms with Crippen molar-refractivity contribution in [1.82, 2.24) is 25.1 Å². The number of rotatable bonds is 7. The maximum absolute atomic E-state index is 13.3. The summed E-state index contributed by atoms with van der Waals surface area (Å²) < 4.78 is 31.5. The fraction of sp³-hybridized carbons (Fsp3) is 0.240. The lowest BCUT2D eigenvalue weighted by atomic mass is 10.0. The Kier molecular flexibility index (Phi) is 8.96. The molecule has 1 aromatic carbocycles. The van der Waals surface area contributed by atoms with Crippen LogP contribution in [-0.4, -0.2) is 49.2 Å². The molecule has 9 nitrogen and oxygen atoms in total. The van der Waals surface area contributed by atoms with Crippen LogP contribution in [0.3, 0.4) is 0 Å². The van der Waals surface area contributed by atoms with Gasteiger partial charge in [-0.05, 0) is 42.0 Å². The molecule has 0 radical (unpaired) electrons. The molecule has 1 amide bonds. The second-order valence-electron chi connectivity index (χ2n) is 7.34. The van der Waals surface area contributed by atoms with E-state index in [4.69, 9.17) is 4.74 Å². The third-order valence-corrected chi connectivity index (χ3v) is 5.98. The molecule has 3 heterocycles. The number of nitrogens with one attached hydrogen (secondary N) is 1. The van der Waals surface area contributed by atoms with Crippen LogP contribution in [0.1, 0.15) is 42.2 Å². The number of methoxy groups -OCH3 is 1. The van der Waals surface area contributed by atoms with Crippen LogP contribution in [0.25, 0.3) is 16.6 Å². The van der Waals surface area contributed by atoms with Crippen LogP contribution >= 0.6 is 0 Å².